The lowest BCUT2D eigenvalue weighted by Crippen LogP contribution is -2.33. The first-order chi connectivity index (χ1) is 11.8. The van der Waals surface area contributed by atoms with Gasteiger partial charge in [-0.05, 0) is 36.8 Å². The average molecular weight is 338 g/mol. The number of H-pyrrole nitrogens is 1. The van der Waals surface area contributed by atoms with Crippen molar-refractivity contribution in [2.24, 2.45) is 0 Å². The molecule has 0 aliphatic heterocycles. The second-order valence-electron chi connectivity index (χ2n) is 5.80. The summed E-state index contributed by atoms with van der Waals surface area (Å²) in [7, 11) is 0. The van der Waals surface area contributed by atoms with E-state index >= 15 is 0 Å². The Bertz CT molecular complexity index is 743. The van der Waals surface area contributed by atoms with Crippen LogP contribution in [0.5, 0.6) is 0 Å². The topological polar surface area (TPSA) is 53.6 Å². The molecule has 124 valence electrons. The van der Waals surface area contributed by atoms with Gasteiger partial charge >= 0.3 is 0 Å². The molecule has 0 unspecified atom stereocenters. The van der Waals surface area contributed by atoms with Crippen molar-refractivity contribution in [3.63, 3.8) is 0 Å². The minimum atomic E-state index is 0.00476. The number of aromatic nitrogens is 3. The lowest BCUT2D eigenvalue weighted by Gasteiger charge is -2.23. The van der Waals surface area contributed by atoms with Crippen LogP contribution in [0.4, 0.5) is 0 Å². The van der Waals surface area contributed by atoms with Crippen LogP contribution in [0, 0.1) is 0 Å². The average Bonchev–Trinajstić information content (AvgIpc) is 3.15. The van der Waals surface area contributed by atoms with Crippen LogP contribution in [-0.2, 0) is 6.42 Å². The Kier molecular flexibility index (Phi) is 5.67. The molecule has 0 aliphatic rings. The third-order valence-electron chi connectivity index (χ3n) is 4.01. The zero-order chi connectivity index (χ0) is 16.8. The summed E-state index contributed by atoms with van der Waals surface area (Å²) in [5.74, 6) is 0.839. The number of hydrogen-bond donors (Lipinski definition) is 2. The van der Waals surface area contributed by atoms with Crippen LogP contribution < -0.4 is 5.32 Å². The van der Waals surface area contributed by atoms with Gasteiger partial charge in [0.15, 0.2) is 0 Å². The summed E-state index contributed by atoms with van der Waals surface area (Å²) in [5, 5.41) is 10.7. The van der Waals surface area contributed by atoms with Gasteiger partial charge in [0.2, 0.25) is 0 Å². The summed E-state index contributed by atoms with van der Waals surface area (Å²) in [5.41, 5.74) is 2.55. The lowest BCUT2D eigenvalue weighted by molar-refractivity contribution is 0.480. The first kappa shape index (κ1) is 16.7. The zero-order valence-electron chi connectivity index (χ0n) is 13.9. The first-order valence-corrected chi connectivity index (χ1v) is 9.28. The molecule has 3 rings (SSSR count). The van der Waals surface area contributed by atoms with E-state index in [4.69, 9.17) is 0 Å². The molecule has 0 amide bonds. The summed E-state index contributed by atoms with van der Waals surface area (Å²) in [6.07, 6.45) is 4.65. The van der Waals surface area contributed by atoms with E-state index in [0.717, 1.165) is 12.2 Å². The van der Waals surface area contributed by atoms with Crippen molar-refractivity contribution in [2.75, 3.05) is 6.26 Å². The molecule has 0 saturated heterocycles. The minimum absolute atomic E-state index is 0.00476. The molecule has 0 radical (unpaired) electrons. The quantitative estimate of drug-likeness (QED) is 0.643. The fraction of sp³-hybridized carbons (Fsp3) is 0.263. The highest BCUT2D eigenvalue weighted by Crippen LogP contribution is 2.23. The van der Waals surface area contributed by atoms with Crippen molar-refractivity contribution < 1.29 is 0 Å². The number of nitrogens with one attached hydrogen (secondary N) is 2. The van der Waals surface area contributed by atoms with Crippen LogP contribution in [0.3, 0.4) is 0 Å². The van der Waals surface area contributed by atoms with Crippen LogP contribution in [0.25, 0.3) is 0 Å². The Balaban J connectivity index is 1.78. The van der Waals surface area contributed by atoms with Crippen molar-refractivity contribution in [3.8, 4) is 0 Å². The van der Waals surface area contributed by atoms with Crippen molar-refractivity contribution in [1.82, 2.24) is 20.5 Å². The van der Waals surface area contributed by atoms with Crippen LogP contribution in [0.2, 0.25) is 0 Å². The van der Waals surface area contributed by atoms with Gasteiger partial charge in [-0.25, -0.2) is 4.98 Å². The highest BCUT2D eigenvalue weighted by molar-refractivity contribution is 7.98. The van der Waals surface area contributed by atoms with Crippen molar-refractivity contribution in [3.05, 3.63) is 77.9 Å². The first-order valence-electron chi connectivity index (χ1n) is 8.06. The number of rotatable bonds is 7. The van der Waals surface area contributed by atoms with Gasteiger partial charge in [0.1, 0.15) is 12.2 Å². The van der Waals surface area contributed by atoms with Crippen LogP contribution >= 0.6 is 11.8 Å². The summed E-state index contributed by atoms with van der Waals surface area (Å²) in [4.78, 5) is 5.69. The number of thioether (sulfide) groups is 1. The monoisotopic (exact) mass is 338 g/mol. The summed E-state index contributed by atoms with van der Waals surface area (Å²) in [6.45, 7) is 2.21. The number of benzene rings is 2. The third-order valence-corrected chi connectivity index (χ3v) is 4.85. The molecule has 0 saturated carbocycles. The predicted octanol–water partition coefficient (Wildman–Crippen LogP) is 3.84. The highest BCUT2D eigenvalue weighted by Gasteiger charge is 2.19. The Morgan fingerprint density at radius 1 is 1.08 bits per heavy atom. The molecule has 5 heteroatoms. The molecule has 3 aromatic rings. The Morgan fingerprint density at radius 2 is 1.83 bits per heavy atom. The number of aromatic amines is 1. The van der Waals surface area contributed by atoms with E-state index in [2.05, 4.69) is 70.1 Å². The Labute approximate surface area is 147 Å². The molecule has 0 fully saturated rings. The molecule has 2 aromatic carbocycles. The fourth-order valence-electron chi connectivity index (χ4n) is 2.88. The standard InChI is InChI=1S/C19H22N4S/c1-14(12-16-10-6-7-11-17(16)24-2)22-18(19-20-13-21-23-19)15-8-4-3-5-9-15/h3-11,13-14,18,22H,12H2,1-2H3,(H,20,21,23)/t14-,18+/m1/s1. The largest absolute Gasteiger partial charge is 0.301 e. The highest BCUT2D eigenvalue weighted by atomic mass is 32.2. The maximum absolute atomic E-state index is 4.35. The molecule has 2 N–H and O–H groups in total. The third kappa shape index (κ3) is 4.04. The van der Waals surface area contributed by atoms with Crippen molar-refractivity contribution in [1.29, 1.82) is 0 Å². The van der Waals surface area contributed by atoms with Crippen LogP contribution in [-0.4, -0.2) is 27.5 Å². The molecule has 2 atom stereocenters. The normalized spacial score (nSPS) is 13.6. The Morgan fingerprint density at radius 3 is 2.54 bits per heavy atom. The molecule has 1 aromatic heterocycles. The van der Waals surface area contributed by atoms with Gasteiger partial charge in [-0.2, -0.15) is 5.10 Å². The maximum atomic E-state index is 4.35. The van der Waals surface area contributed by atoms with E-state index in [-0.39, 0.29) is 6.04 Å². The van der Waals surface area contributed by atoms with E-state index in [1.54, 1.807) is 18.1 Å². The number of nitrogens with zero attached hydrogens (tertiary/aromatic N) is 2. The van der Waals surface area contributed by atoms with Gasteiger partial charge in [-0.1, -0.05) is 48.5 Å². The number of hydrogen-bond acceptors (Lipinski definition) is 4. The second-order valence-corrected chi connectivity index (χ2v) is 6.65. The summed E-state index contributed by atoms with van der Waals surface area (Å²) >= 11 is 1.79. The smallest absolute Gasteiger partial charge is 0.145 e. The molecular formula is C19H22N4S. The second kappa shape index (κ2) is 8.13. The van der Waals surface area contributed by atoms with E-state index in [0.29, 0.717) is 6.04 Å². The zero-order valence-corrected chi connectivity index (χ0v) is 14.8. The van der Waals surface area contributed by atoms with Gasteiger partial charge in [-0.3, -0.25) is 5.10 Å². The van der Waals surface area contributed by atoms with E-state index in [1.807, 2.05) is 18.2 Å². The van der Waals surface area contributed by atoms with E-state index < -0.39 is 0 Å². The molecule has 0 bridgehead atoms. The molecule has 0 spiro atoms. The van der Waals surface area contributed by atoms with Gasteiger partial charge in [0.25, 0.3) is 0 Å². The maximum Gasteiger partial charge on any atom is 0.145 e. The fourth-order valence-corrected chi connectivity index (χ4v) is 3.51. The van der Waals surface area contributed by atoms with Crippen LogP contribution in [0.1, 0.15) is 29.9 Å². The van der Waals surface area contributed by atoms with Gasteiger partial charge in [0, 0.05) is 10.9 Å². The molecular weight excluding hydrogens is 316 g/mol. The summed E-state index contributed by atoms with van der Waals surface area (Å²) < 4.78 is 0. The predicted molar refractivity (Wildman–Crippen MR) is 99.2 cm³/mol. The van der Waals surface area contributed by atoms with Crippen LogP contribution in [0.15, 0.2) is 65.8 Å². The lowest BCUT2D eigenvalue weighted by atomic mass is 10.0. The summed E-state index contributed by atoms with van der Waals surface area (Å²) in [6, 6.07) is 19.2. The Hall–Kier alpha value is -2.11. The SMILES string of the molecule is CSc1ccccc1C[C@@H](C)N[C@@H](c1ccccc1)c1ncn[nH]1. The molecule has 1 heterocycles. The van der Waals surface area contributed by atoms with Gasteiger partial charge in [-0.15, -0.1) is 11.8 Å². The van der Waals surface area contributed by atoms with E-state index in [9.17, 15) is 0 Å². The molecule has 0 aliphatic carbocycles. The van der Waals surface area contributed by atoms with Gasteiger partial charge in [0.05, 0.1) is 6.04 Å². The van der Waals surface area contributed by atoms with Crippen molar-refractivity contribution >= 4 is 11.8 Å². The van der Waals surface area contributed by atoms with Crippen molar-refractivity contribution in [2.45, 2.75) is 30.3 Å². The minimum Gasteiger partial charge on any atom is -0.301 e. The van der Waals surface area contributed by atoms with E-state index in [1.165, 1.54) is 16.0 Å². The van der Waals surface area contributed by atoms with Gasteiger partial charge < -0.3 is 5.32 Å². The molecule has 24 heavy (non-hydrogen) atoms. The molecule has 4 nitrogen and oxygen atoms in total.